The quantitative estimate of drug-likeness (QED) is 0.247. The average Bonchev–Trinajstić information content (AvgIpc) is 3.31. The molecule has 4 rings (SSSR count). The highest BCUT2D eigenvalue weighted by Crippen LogP contribution is 2.28. The summed E-state index contributed by atoms with van der Waals surface area (Å²) in [6, 6.07) is 21.8. The number of para-hydroxylation sites is 1. The van der Waals surface area contributed by atoms with Gasteiger partial charge >= 0.3 is 0 Å². The van der Waals surface area contributed by atoms with E-state index in [1.807, 2.05) is 61.0 Å². The molecule has 6 heteroatoms. The average molecular weight is 418 g/mol. The van der Waals surface area contributed by atoms with Crippen molar-refractivity contribution >= 4 is 45.6 Å². The molecule has 0 spiro atoms. The number of nitrogens with zero attached hydrogens (tertiary/aromatic N) is 2. The van der Waals surface area contributed by atoms with Crippen LogP contribution in [0.1, 0.15) is 27.7 Å². The number of carbonyl (C=O) groups excluding carboxylic acids is 1. The van der Waals surface area contributed by atoms with Crippen molar-refractivity contribution < 1.29 is 4.79 Å². The highest BCUT2D eigenvalue weighted by atomic mass is 32.2. The molecule has 0 saturated heterocycles. The van der Waals surface area contributed by atoms with Crippen LogP contribution < -0.4 is 5.43 Å². The monoisotopic (exact) mass is 417 g/mol. The van der Waals surface area contributed by atoms with Crippen molar-refractivity contribution in [3.63, 3.8) is 0 Å². The Hall–Kier alpha value is -2.96. The van der Waals surface area contributed by atoms with Gasteiger partial charge in [0, 0.05) is 32.7 Å². The van der Waals surface area contributed by atoms with E-state index < -0.39 is 0 Å². The van der Waals surface area contributed by atoms with Crippen molar-refractivity contribution in [2.45, 2.75) is 17.6 Å². The van der Waals surface area contributed by atoms with Crippen molar-refractivity contribution in [3.05, 3.63) is 94.3 Å². The van der Waals surface area contributed by atoms with Crippen LogP contribution in [-0.4, -0.2) is 16.6 Å². The molecule has 0 unspecified atom stereocenters. The van der Waals surface area contributed by atoms with Crippen LogP contribution in [0.25, 0.3) is 10.9 Å². The maximum atomic E-state index is 12.3. The molecule has 0 atom stereocenters. The van der Waals surface area contributed by atoms with Gasteiger partial charge in [0.15, 0.2) is 0 Å². The number of rotatable bonds is 6. The summed E-state index contributed by atoms with van der Waals surface area (Å²) in [5.41, 5.74) is 6.19. The lowest BCUT2D eigenvalue weighted by atomic mass is 10.1. The van der Waals surface area contributed by atoms with Crippen molar-refractivity contribution in [1.29, 1.82) is 0 Å². The number of aromatic nitrogens is 1. The highest BCUT2D eigenvalue weighted by molar-refractivity contribution is 7.98. The normalized spacial score (nSPS) is 11.6. The SMILES string of the molecule is CC(=NNC(=O)c1ccc(CSc2cccc3cccnc23)cc1)c1cccs1. The molecule has 1 N–H and O–H groups in total. The zero-order chi connectivity index (χ0) is 20.1. The number of pyridine rings is 1. The first-order chi connectivity index (χ1) is 14.2. The van der Waals surface area contributed by atoms with Gasteiger partial charge in [-0.3, -0.25) is 9.78 Å². The van der Waals surface area contributed by atoms with Gasteiger partial charge in [-0.1, -0.05) is 36.4 Å². The van der Waals surface area contributed by atoms with Gasteiger partial charge in [0.2, 0.25) is 0 Å². The first kappa shape index (κ1) is 19.4. The fourth-order valence-electron chi connectivity index (χ4n) is 2.84. The summed E-state index contributed by atoms with van der Waals surface area (Å²) in [7, 11) is 0. The fraction of sp³-hybridized carbons (Fsp3) is 0.0870. The molecule has 4 nitrogen and oxygen atoms in total. The number of hydrazone groups is 1. The number of carbonyl (C=O) groups is 1. The van der Waals surface area contributed by atoms with Crippen LogP contribution in [0.2, 0.25) is 0 Å². The third-order valence-electron chi connectivity index (χ3n) is 4.41. The molecule has 0 bridgehead atoms. The van der Waals surface area contributed by atoms with E-state index in [0.29, 0.717) is 5.56 Å². The number of benzene rings is 2. The van der Waals surface area contributed by atoms with E-state index in [-0.39, 0.29) is 5.91 Å². The topological polar surface area (TPSA) is 54.4 Å². The predicted octanol–water partition coefficient (Wildman–Crippen LogP) is 5.74. The molecular weight excluding hydrogens is 398 g/mol. The van der Waals surface area contributed by atoms with Crippen LogP contribution in [-0.2, 0) is 5.75 Å². The van der Waals surface area contributed by atoms with Crippen LogP contribution >= 0.6 is 23.1 Å². The molecular formula is C23H19N3OS2. The molecule has 0 aliphatic heterocycles. The van der Waals surface area contributed by atoms with Crippen molar-refractivity contribution in [1.82, 2.24) is 10.4 Å². The number of hydrogen-bond acceptors (Lipinski definition) is 5. The maximum Gasteiger partial charge on any atom is 0.271 e. The maximum absolute atomic E-state index is 12.3. The van der Waals surface area contributed by atoms with Gasteiger partial charge in [0.05, 0.1) is 11.2 Å². The molecule has 1 amide bonds. The Morgan fingerprint density at radius 3 is 2.69 bits per heavy atom. The van der Waals surface area contributed by atoms with Gasteiger partial charge in [0.25, 0.3) is 5.91 Å². The third kappa shape index (κ3) is 4.72. The summed E-state index contributed by atoms with van der Waals surface area (Å²) in [5.74, 6) is 0.603. The van der Waals surface area contributed by atoms with Crippen LogP contribution in [0.4, 0.5) is 0 Å². The minimum Gasteiger partial charge on any atom is -0.267 e. The summed E-state index contributed by atoms with van der Waals surface area (Å²) in [4.78, 5) is 19.0. The van der Waals surface area contributed by atoms with E-state index in [1.165, 1.54) is 0 Å². The Kier molecular flexibility index (Phi) is 6.03. The first-order valence-electron chi connectivity index (χ1n) is 9.15. The van der Waals surface area contributed by atoms with Gasteiger partial charge in [-0.2, -0.15) is 5.10 Å². The van der Waals surface area contributed by atoms with E-state index >= 15 is 0 Å². The number of fused-ring (bicyclic) bond motifs is 1. The van der Waals surface area contributed by atoms with E-state index in [9.17, 15) is 4.79 Å². The largest absolute Gasteiger partial charge is 0.271 e. The molecule has 0 radical (unpaired) electrons. The summed E-state index contributed by atoms with van der Waals surface area (Å²) in [6.07, 6.45) is 1.82. The summed E-state index contributed by atoms with van der Waals surface area (Å²) in [5, 5.41) is 7.32. The van der Waals surface area contributed by atoms with Gasteiger partial charge in [-0.25, -0.2) is 5.43 Å². The Balaban J connectivity index is 1.39. The first-order valence-corrected chi connectivity index (χ1v) is 11.0. The zero-order valence-corrected chi connectivity index (χ0v) is 17.5. The summed E-state index contributed by atoms with van der Waals surface area (Å²) >= 11 is 3.34. The van der Waals surface area contributed by atoms with Gasteiger partial charge in [-0.15, -0.1) is 23.1 Å². The van der Waals surface area contributed by atoms with Crippen LogP contribution in [0, 0.1) is 0 Å². The molecule has 0 fully saturated rings. The molecule has 2 aromatic heterocycles. The standard InChI is InChI=1S/C23H19N3OS2/c1-16(20-8-4-14-28-20)25-26-23(27)19-11-9-17(10-12-19)15-29-21-7-2-5-18-6-3-13-24-22(18)21/h2-14H,15H2,1H3,(H,26,27). The molecule has 29 heavy (non-hydrogen) atoms. The second-order valence-corrected chi connectivity index (χ2v) is 8.40. The van der Waals surface area contributed by atoms with E-state index in [2.05, 4.69) is 39.8 Å². The molecule has 4 aromatic rings. The number of hydrogen-bond donors (Lipinski definition) is 1. The Morgan fingerprint density at radius 1 is 1.07 bits per heavy atom. The Morgan fingerprint density at radius 2 is 1.90 bits per heavy atom. The molecule has 0 aliphatic rings. The molecule has 0 aliphatic carbocycles. The fourth-order valence-corrected chi connectivity index (χ4v) is 4.52. The number of thioether (sulfide) groups is 1. The number of thiophene rings is 1. The Labute approximate surface area is 177 Å². The summed E-state index contributed by atoms with van der Waals surface area (Å²) in [6.45, 7) is 1.88. The molecule has 2 heterocycles. The lowest BCUT2D eigenvalue weighted by molar-refractivity contribution is 0.0955. The zero-order valence-electron chi connectivity index (χ0n) is 15.8. The number of amides is 1. The minimum absolute atomic E-state index is 0.210. The van der Waals surface area contributed by atoms with E-state index in [4.69, 9.17) is 0 Å². The predicted molar refractivity (Wildman–Crippen MR) is 122 cm³/mol. The van der Waals surface area contributed by atoms with Crippen LogP contribution in [0.3, 0.4) is 0 Å². The van der Waals surface area contributed by atoms with Gasteiger partial charge < -0.3 is 0 Å². The second-order valence-electron chi connectivity index (χ2n) is 6.43. The van der Waals surface area contributed by atoms with Crippen molar-refractivity contribution in [2.24, 2.45) is 5.10 Å². The van der Waals surface area contributed by atoms with E-state index in [1.54, 1.807) is 23.1 Å². The molecule has 144 valence electrons. The Bertz CT molecular complexity index is 1150. The van der Waals surface area contributed by atoms with Crippen LogP contribution in [0.5, 0.6) is 0 Å². The third-order valence-corrected chi connectivity index (χ3v) is 6.51. The lowest BCUT2D eigenvalue weighted by Gasteiger charge is -2.06. The number of nitrogens with one attached hydrogen (secondary N) is 1. The highest BCUT2D eigenvalue weighted by Gasteiger charge is 2.07. The van der Waals surface area contributed by atoms with Crippen molar-refractivity contribution in [3.8, 4) is 0 Å². The second kappa shape index (κ2) is 9.03. The molecule has 0 saturated carbocycles. The van der Waals surface area contributed by atoms with Gasteiger partial charge in [-0.05, 0) is 48.2 Å². The van der Waals surface area contributed by atoms with E-state index in [0.717, 1.165) is 37.7 Å². The summed E-state index contributed by atoms with van der Waals surface area (Å²) < 4.78 is 0. The molecule has 2 aromatic carbocycles. The smallest absolute Gasteiger partial charge is 0.267 e. The minimum atomic E-state index is -0.210. The van der Waals surface area contributed by atoms with Crippen molar-refractivity contribution in [2.75, 3.05) is 0 Å². The van der Waals surface area contributed by atoms with Crippen LogP contribution in [0.15, 0.2) is 88.3 Å². The lowest BCUT2D eigenvalue weighted by Crippen LogP contribution is -2.19. The van der Waals surface area contributed by atoms with Gasteiger partial charge in [0.1, 0.15) is 0 Å².